The quantitative estimate of drug-likeness (QED) is 0.585. The number of halogens is 1. The predicted octanol–water partition coefficient (Wildman–Crippen LogP) is 4.38. The maximum absolute atomic E-state index is 11.7. The summed E-state index contributed by atoms with van der Waals surface area (Å²) in [5, 5.41) is 0.281. The molecule has 0 saturated carbocycles. The van der Waals surface area contributed by atoms with E-state index >= 15 is 0 Å². The number of rotatable bonds is 5. The van der Waals surface area contributed by atoms with Crippen LogP contribution in [-0.4, -0.2) is 30.6 Å². The minimum absolute atomic E-state index is 0.143. The fourth-order valence-corrected chi connectivity index (χ4v) is 1.98. The number of carbonyl (C=O) groups is 2. The molecule has 23 heavy (non-hydrogen) atoms. The van der Waals surface area contributed by atoms with Crippen LogP contribution < -0.4 is 0 Å². The number of ether oxygens (including phenoxy) is 2. The van der Waals surface area contributed by atoms with E-state index in [-0.39, 0.29) is 24.0 Å². The monoisotopic (exact) mass is 345 g/mol. The number of carbonyl (C=O) groups excluding carboxylic acids is 2. The summed E-state index contributed by atoms with van der Waals surface area (Å²) < 4.78 is 9.55. The normalized spacial score (nSPS) is 8.87. The number of hydrogen-bond acceptors (Lipinski definition) is 5. The van der Waals surface area contributed by atoms with Crippen molar-refractivity contribution in [3.8, 4) is 0 Å². The molecular formula is C17H28ClNO4. The molecule has 0 spiro atoms. The highest BCUT2D eigenvalue weighted by Gasteiger charge is 2.18. The van der Waals surface area contributed by atoms with Crippen molar-refractivity contribution < 1.29 is 19.1 Å². The Labute approximate surface area is 144 Å². The van der Waals surface area contributed by atoms with Crippen molar-refractivity contribution in [3.05, 3.63) is 28.0 Å². The van der Waals surface area contributed by atoms with Crippen LogP contribution in [0.15, 0.2) is 6.07 Å². The molecule has 0 saturated heterocycles. The second-order valence-electron chi connectivity index (χ2n) is 3.88. The summed E-state index contributed by atoms with van der Waals surface area (Å²) in [6, 6.07) is 1.58. The van der Waals surface area contributed by atoms with E-state index in [1.807, 2.05) is 27.7 Å². The zero-order chi connectivity index (χ0) is 18.4. The fourth-order valence-electron chi connectivity index (χ4n) is 1.71. The van der Waals surface area contributed by atoms with Gasteiger partial charge in [0.15, 0.2) is 0 Å². The number of pyridine rings is 1. The summed E-state index contributed by atoms with van der Waals surface area (Å²) in [5.74, 6) is -0.821. The Hall–Kier alpha value is -1.62. The van der Waals surface area contributed by atoms with Gasteiger partial charge in [-0.15, -0.1) is 0 Å². The Morgan fingerprint density at radius 1 is 1.22 bits per heavy atom. The minimum Gasteiger partial charge on any atom is -0.466 e. The van der Waals surface area contributed by atoms with Gasteiger partial charge in [-0.2, -0.15) is 0 Å². The largest absolute Gasteiger partial charge is 0.466 e. The lowest BCUT2D eigenvalue weighted by Crippen LogP contribution is -2.13. The van der Waals surface area contributed by atoms with Crippen molar-refractivity contribution in [2.75, 3.05) is 13.7 Å². The van der Waals surface area contributed by atoms with Crippen LogP contribution in [-0.2, 0) is 20.7 Å². The number of esters is 2. The van der Waals surface area contributed by atoms with Crippen molar-refractivity contribution in [1.29, 1.82) is 0 Å². The van der Waals surface area contributed by atoms with Crippen LogP contribution in [0.2, 0.25) is 5.15 Å². The molecular weight excluding hydrogens is 318 g/mol. The number of aromatic nitrogens is 1. The van der Waals surface area contributed by atoms with Crippen LogP contribution in [0.3, 0.4) is 0 Å². The van der Waals surface area contributed by atoms with Crippen molar-refractivity contribution in [1.82, 2.24) is 4.98 Å². The average Bonchev–Trinajstić information content (AvgIpc) is 2.56. The average molecular weight is 346 g/mol. The maximum atomic E-state index is 11.7. The summed E-state index contributed by atoms with van der Waals surface area (Å²) in [7, 11) is 1.30. The van der Waals surface area contributed by atoms with Crippen LogP contribution in [0.4, 0.5) is 0 Å². The van der Waals surface area contributed by atoms with E-state index in [0.717, 1.165) is 0 Å². The molecule has 1 aromatic heterocycles. The molecule has 0 atom stereocenters. The smallest absolute Gasteiger partial charge is 0.339 e. The van der Waals surface area contributed by atoms with Gasteiger partial charge in [-0.3, -0.25) is 4.79 Å². The third kappa shape index (κ3) is 8.55. The molecule has 0 aromatic carbocycles. The molecule has 0 N–H and O–H groups in total. The van der Waals surface area contributed by atoms with E-state index in [9.17, 15) is 9.59 Å². The topological polar surface area (TPSA) is 65.5 Å². The second-order valence-corrected chi connectivity index (χ2v) is 4.27. The molecule has 0 radical (unpaired) electrons. The second kappa shape index (κ2) is 14.0. The summed E-state index contributed by atoms with van der Waals surface area (Å²) in [6.45, 7) is 11.8. The summed E-state index contributed by atoms with van der Waals surface area (Å²) >= 11 is 5.87. The van der Waals surface area contributed by atoms with Gasteiger partial charge >= 0.3 is 11.9 Å². The van der Waals surface area contributed by atoms with E-state index in [2.05, 4.69) is 4.98 Å². The molecule has 132 valence electrons. The zero-order valence-corrected chi connectivity index (χ0v) is 15.9. The van der Waals surface area contributed by atoms with Crippen molar-refractivity contribution >= 4 is 23.5 Å². The summed E-state index contributed by atoms with van der Waals surface area (Å²) in [4.78, 5) is 27.1. The lowest BCUT2D eigenvalue weighted by atomic mass is 10.0. The van der Waals surface area contributed by atoms with E-state index in [4.69, 9.17) is 21.1 Å². The Morgan fingerprint density at radius 3 is 2.26 bits per heavy atom. The van der Waals surface area contributed by atoms with Gasteiger partial charge in [0.05, 0.1) is 31.4 Å². The Morgan fingerprint density at radius 2 is 1.78 bits per heavy atom. The lowest BCUT2D eigenvalue weighted by Gasteiger charge is -2.10. The third-order valence-corrected chi connectivity index (χ3v) is 2.71. The van der Waals surface area contributed by atoms with Crippen molar-refractivity contribution in [2.45, 2.75) is 54.4 Å². The summed E-state index contributed by atoms with van der Waals surface area (Å²) in [5.41, 5.74) is 1.48. The zero-order valence-electron chi connectivity index (χ0n) is 15.2. The van der Waals surface area contributed by atoms with Gasteiger partial charge in [0.1, 0.15) is 5.15 Å². The van der Waals surface area contributed by atoms with Gasteiger partial charge in [-0.25, -0.2) is 9.78 Å². The van der Waals surface area contributed by atoms with E-state index in [0.29, 0.717) is 23.4 Å². The van der Waals surface area contributed by atoms with Crippen LogP contribution in [0.25, 0.3) is 0 Å². The van der Waals surface area contributed by atoms with Gasteiger partial charge in [0.25, 0.3) is 0 Å². The van der Waals surface area contributed by atoms with E-state index in [1.54, 1.807) is 19.9 Å². The first-order chi connectivity index (χ1) is 11.0. The summed E-state index contributed by atoms with van der Waals surface area (Å²) in [6.07, 6.45) is 0.426. The highest BCUT2D eigenvalue weighted by molar-refractivity contribution is 6.29. The Bertz CT molecular complexity index is 490. The molecule has 0 fully saturated rings. The third-order valence-electron chi connectivity index (χ3n) is 2.52. The number of aryl methyl sites for hydroxylation is 2. The maximum Gasteiger partial charge on any atom is 0.339 e. The van der Waals surface area contributed by atoms with Crippen LogP contribution in [0.5, 0.6) is 0 Å². The Kier molecular flexibility index (Phi) is 14.4. The van der Waals surface area contributed by atoms with Crippen LogP contribution >= 0.6 is 11.6 Å². The SMILES string of the molecule is CC.CC.CCOC(=O)CCc1nc(Cl)cc(C)c1C(=O)OC. The lowest BCUT2D eigenvalue weighted by molar-refractivity contribution is -0.143. The van der Waals surface area contributed by atoms with Gasteiger partial charge in [0.2, 0.25) is 0 Å². The predicted molar refractivity (Wildman–Crippen MR) is 93.0 cm³/mol. The first-order valence-corrected chi connectivity index (χ1v) is 8.27. The number of hydrogen-bond donors (Lipinski definition) is 0. The molecule has 1 aromatic rings. The molecule has 0 aliphatic carbocycles. The first-order valence-electron chi connectivity index (χ1n) is 7.89. The number of nitrogens with zero attached hydrogens (tertiary/aromatic N) is 1. The Balaban J connectivity index is 0. The van der Waals surface area contributed by atoms with Gasteiger partial charge in [0, 0.05) is 6.42 Å². The molecule has 0 amide bonds. The minimum atomic E-state index is -0.486. The molecule has 1 rings (SSSR count). The highest BCUT2D eigenvalue weighted by Crippen LogP contribution is 2.19. The number of methoxy groups -OCH3 is 1. The molecule has 0 unspecified atom stereocenters. The molecule has 0 aliphatic heterocycles. The van der Waals surface area contributed by atoms with Crippen LogP contribution in [0.1, 0.15) is 62.7 Å². The van der Waals surface area contributed by atoms with E-state index in [1.165, 1.54) is 7.11 Å². The van der Waals surface area contributed by atoms with Gasteiger partial charge in [-0.1, -0.05) is 39.3 Å². The molecule has 6 heteroatoms. The molecule has 5 nitrogen and oxygen atoms in total. The fraction of sp³-hybridized carbons (Fsp3) is 0.588. The van der Waals surface area contributed by atoms with E-state index < -0.39 is 5.97 Å². The standard InChI is InChI=1S/C13H16ClNO4.2C2H6/c1-4-19-11(16)6-5-9-12(13(17)18-3)8(2)7-10(14)15-9;2*1-2/h7H,4-6H2,1-3H3;2*1-2H3. The first kappa shape index (κ1) is 23.6. The van der Waals surface area contributed by atoms with Crippen molar-refractivity contribution in [3.63, 3.8) is 0 Å². The highest BCUT2D eigenvalue weighted by atomic mass is 35.5. The van der Waals surface area contributed by atoms with Gasteiger partial charge < -0.3 is 9.47 Å². The molecule has 0 aliphatic rings. The molecule has 0 bridgehead atoms. The van der Waals surface area contributed by atoms with Crippen molar-refractivity contribution in [2.24, 2.45) is 0 Å². The van der Waals surface area contributed by atoms with Gasteiger partial charge in [-0.05, 0) is 25.5 Å². The van der Waals surface area contributed by atoms with Crippen LogP contribution in [0, 0.1) is 6.92 Å². The molecule has 1 heterocycles.